The van der Waals surface area contributed by atoms with Gasteiger partial charge < -0.3 is 15.4 Å². The van der Waals surface area contributed by atoms with Crippen LogP contribution < -0.4 is 20.7 Å². The van der Waals surface area contributed by atoms with E-state index in [0.717, 1.165) is 17.0 Å². The molecular weight excluding hydrogens is 468 g/mol. The molecular formula is C24H26N6O4S. The Morgan fingerprint density at radius 3 is 2.71 bits per heavy atom. The number of thioether (sulfide) groups is 1. The molecule has 3 N–H and O–H groups in total. The highest BCUT2D eigenvalue weighted by Gasteiger charge is 2.27. The monoisotopic (exact) mass is 494 g/mol. The predicted octanol–water partition coefficient (Wildman–Crippen LogP) is 2.85. The van der Waals surface area contributed by atoms with Gasteiger partial charge in [0.15, 0.2) is 5.16 Å². The Kier molecular flexibility index (Phi) is 7.66. The Balaban J connectivity index is 1.49. The number of carbonyl (C=O) groups excluding carboxylic acids is 3. The summed E-state index contributed by atoms with van der Waals surface area (Å²) in [5.74, 6) is 0.937. The number of ether oxygens (including phenoxy) is 1. The maximum Gasteiger partial charge on any atom is 0.321 e. The topological polar surface area (TPSA) is 127 Å². The minimum absolute atomic E-state index is 0.125. The molecule has 0 saturated carbocycles. The lowest BCUT2D eigenvalue weighted by atomic mass is 10.1. The largest absolute Gasteiger partial charge is 0.494 e. The van der Waals surface area contributed by atoms with E-state index in [1.54, 1.807) is 24.3 Å². The van der Waals surface area contributed by atoms with Gasteiger partial charge in [-0.3, -0.25) is 19.5 Å². The molecule has 11 heteroatoms. The molecule has 35 heavy (non-hydrogen) atoms. The Labute approximate surface area is 206 Å². The van der Waals surface area contributed by atoms with Crippen molar-refractivity contribution >= 4 is 35.3 Å². The number of rotatable bonds is 9. The number of aryl methyl sites for hydroxylation is 1. The zero-order valence-corrected chi connectivity index (χ0v) is 20.2. The SMILES string of the molecule is CCOc1ccc(NC(=O)CSc2nnc(CC3CC(=O)NC(=O)N3)n2-c2cccc(C)c2)cc1. The van der Waals surface area contributed by atoms with Crippen molar-refractivity contribution in [3.05, 3.63) is 59.9 Å². The number of carbonyl (C=O) groups is 3. The van der Waals surface area contributed by atoms with Gasteiger partial charge in [0.1, 0.15) is 11.6 Å². The van der Waals surface area contributed by atoms with Crippen LogP contribution in [0.4, 0.5) is 10.5 Å². The van der Waals surface area contributed by atoms with E-state index < -0.39 is 12.1 Å². The summed E-state index contributed by atoms with van der Waals surface area (Å²) in [7, 11) is 0. The second kappa shape index (κ2) is 11.0. The quantitative estimate of drug-likeness (QED) is 0.390. The van der Waals surface area contributed by atoms with Crippen molar-refractivity contribution in [2.45, 2.75) is 37.9 Å². The first-order valence-electron chi connectivity index (χ1n) is 11.2. The summed E-state index contributed by atoms with van der Waals surface area (Å²) in [5.41, 5.74) is 2.56. The van der Waals surface area contributed by atoms with E-state index in [9.17, 15) is 14.4 Å². The summed E-state index contributed by atoms with van der Waals surface area (Å²) >= 11 is 1.26. The van der Waals surface area contributed by atoms with Gasteiger partial charge in [0.2, 0.25) is 11.8 Å². The van der Waals surface area contributed by atoms with Gasteiger partial charge >= 0.3 is 6.03 Å². The lowest BCUT2D eigenvalue weighted by molar-refractivity contribution is -0.121. The molecule has 2 heterocycles. The fraction of sp³-hybridized carbons (Fsp3) is 0.292. The maximum atomic E-state index is 12.6. The molecule has 2 aromatic carbocycles. The zero-order valence-electron chi connectivity index (χ0n) is 19.4. The fourth-order valence-electron chi connectivity index (χ4n) is 3.70. The predicted molar refractivity (Wildman–Crippen MR) is 132 cm³/mol. The Morgan fingerprint density at radius 2 is 2.00 bits per heavy atom. The van der Waals surface area contributed by atoms with Gasteiger partial charge in [0.25, 0.3) is 0 Å². The summed E-state index contributed by atoms with van der Waals surface area (Å²) < 4.78 is 7.28. The molecule has 1 aliphatic heterocycles. The van der Waals surface area contributed by atoms with Crippen molar-refractivity contribution in [3.63, 3.8) is 0 Å². The highest BCUT2D eigenvalue weighted by atomic mass is 32.2. The molecule has 1 aliphatic rings. The standard InChI is InChI=1S/C24H26N6O4S/c1-3-34-19-9-7-16(8-10-19)25-22(32)14-35-24-29-28-20(12-17-13-21(31)27-23(33)26-17)30(24)18-6-4-5-15(2)11-18/h4-11,17H,3,12-14H2,1-2H3,(H,25,32)(H2,26,27,31,33). The third-order valence-corrected chi connectivity index (χ3v) is 6.12. The Morgan fingerprint density at radius 1 is 1.20 bits per heavy atom. The molecule has 1 atom stereocenters. The van der Waals surface area contributed by atoms with E-state index >= 15 is 0 Å². The number of aromatic nitrogens is 3. The molecule has 1 saturated heterocycles. The second-order valence-corrected chi connectivity index (χ2v) is 8.94. The van der Waals surface area contributed by atoms with Crippen LogP contribution in [0.1, 0.15) is 24.7 Å². The van der Waals surface area contributed by atoms with Gasteiger partial charge in [-0.1, -0.05) is 23.9 Å². The highest BCUT2D eigenvalue weighted by Crippen LogP contribution is 2.24. The Hall–Kier alpha value is -3.86. The number of nitrogens with zero attached hydrogens (tertiary/aromatic N) is 3. The van der Waals surface area contributed by atoms with Gasteiger partial charge in [-0.05, 0) is 55.8 Å². The van der Waals surface area contributed by atoms with E-state index in [4.69, 9.17) is 4.74 Å². The van der Waals surface area contributed by atoms with Gasteiger partial charge in [0.05, 0.1) is 12.4 Å². The van der Waals surface area contributed by atoms with E-state index in [2.05, 4.69) is 26.1 Å². The van der Waals surface area contributed by atoms with Crippen molar-refractivity contribution in [1.82, 2.24) is 25.4 Å². The molecule has 0 bridgehead atoms. The first-order valence-corrected chi connectivity index (χ1v) is 12.2. The van der Waals surface area contributed by atoms with Gasteiger partial charge in [0, 0.05) is 30.3 Å². The van der Waals surface area contributed by atoms with Crippen LogP contribution in [0.5, 0.6) is 5.75 Å². The van der Waals surface area contributed by atoms with Crippen molar-refractivity contribution < 1.29 is 19.1 Å². The fourth-order valence-corrected chi connectivity index (χ4v) is 4.47. The minimum Gasteiger partial charge on any atom is -0.494 e. The number of benzene rings is 2. The van der Waals surface area contributed by atoms with Crippen LogP contribution in [0.15, 0.2) is 53.7 Å². The van der Waals surface area contributed by atoms with Crippen LogP contribution in [-0.2, 0) is 16.0 Å². The van der Waals surface area contributed by atoms with Crippen molar-refractivity contribution in [2.24, 2.45) is 0 Å². The lowest BCUT2D eigenvalue weighted by Gasteiger charge is -2.23. The zero-order chi connectivity index (χ0) is 24.8. The number of amides is 4. The second-order valence-electron chi connectivity index (χ2n) is 7.99. The molecule has 4 amide bonds. The van der Waals surface area contributed by atoms with E-state index in [-0.39, 0.29) is 24.0 Å². The third kappa shape index (κ3) is 6.38. The highest BCUT2D eigenvalue weighted by molar-refractivity contribution is 7.99. The van der Waals surface area contributed by atoms with Crippen LogP contribution in [0.25, 0.3) is 5.69 Å². The average Bonchev–Trinajstić information content (AvgIpc) is 3.21. The van der Waals surface area contributed by atoms with E-state index in [0.29, 0.717) is 29.7 Å². The number of nitrogens with one attached hydrogen (secondary N) is 3. The number of hydrogen-bond donors (Lipinski definition) is 3. The molecule has 4 rings (SSSR count). The van der Waals surface area contributed by atoms with E-state index in [1.165, 1.54) is 11.8 Å². The van der Waals surface area contributed by atoms with E-state index in [1.807, 2.05) is 42.7 Å². The average molecular weight is 495 g/mol. The Bertz CT molecular complexity index is 1210. The number of imide groups is 1. The van der Waals surface area contributed by atoms with Crippen LogP contribution in [0, 0.1) is 6.92 Å². The van der Waals surface area contributed by atoms with Crippen molar-refractivity contribution in [2.75, 3.05) is 17.7 Å². The maximum absolute atomic E-state index is 12.6. The third-order valence-electron chi connectivity index (χ3n) is 5.19. The summed E-state index contributed by atoms with van der Waals surface area (Å²) in [6, 6.07) is 14.1. The molecule has 3 aromatic rings. The molecule has 0 radical (unpaired) electrons. The first kappa shape index (κ1) is 24.3. The van der Waals surface area contributed by atoms with Crippen LogP contribution >= 0.6 is 11.8 Å². The van der Waals surface area contributed by atoms with Crippen LogP contribution in [0.3, 0.4) is 0 Å². The number of anilines is 1. The summed E-state index contributed by atoms with van der Waals surface area (Å²) in [6.45, 7) is 4.47. The summed E-state index contributed by atoms with van der Waals surface area (Å²) in [4.78, 5) is 36.1. The summed E-state index contributed by atoms with van der Waals surface area (Å²) in [6.07, 6.45) is 0.471. The van der Waals surface area contributed by atoms with Gasteiger partial charge in [-0.15, -0.1) is 10.2 Å². The molecule has 182 valence electrons. The van der Waals surface area contributed by atoms with Gasteiger partial charge in [-0.25, -0.2) is 4.79 Å². The summed E-state index contributed by atoms with van der Waals surface area (Å²) in [5, 5.41) is 17.0. The van der Waals surface area contributed by atoms with Crippen molar-refractivity contribution in [3.8, 4) is 11.4 Å². The van der Waals surface area contributed by atoms with Crippen LogP contribution in [0.2, 0.25) is 0 Å². The van der Waals surface area contributed by atoms with Gasteiger partial charge in [-0.2, -0.15) is 0 Å². The molecule has 1 aromatic heterocycles. The van der Waals surface area contributed by atoms with Crippen molar-refractivity contribution in [1.29, 1.82) is 0 Å². The first-order chi connectivity index (χ1) is 16.9. The number of urea groups is 1. The number of hydrogen-bond acceptors (Lipinski definition) is 7. The molecule has 1 fully saturated rings. The molecule has 1 unspecified atom stereocenters. The van der Waals surface area contributed by atoms with Crippen LogP contribution in [-0.4, -0.2) is 51.0 Å². The molecule has 10 nitrogen and oxygen atoms in total. The lowest BCUT2D eigenvalue weighted by Crippen LogP contribution is -2.53. The normalized spacial score (nSPS) is 15.3. The smallest absolute Gasteiger partial charge is 0.321 e. The molecule has 0 spiro atoms. The molecule has 0 aliphatic carbocycles. The minimum atomic E-state index is -0.520.